The van der Waals surface area contributed by atoms with Crippen LogP contribution < -0.4 is 10.6 Å². The molecule has 1 aliphatic heterocycles. The largest absolute Gasteiger partial charge is 0.313 e. The highest BCUT2D eigenvalue weighted by atomic mass is 19.1. The molecule has 0 radical (unpaired) electrons. The predicted molar refractivity (Wildman–Crippen MR) is 56.2 cm³/mol. The fraction of sp³-hybridized carbons (Fsp3) is 1.00. The van der Waals surface area contributed by atoms with E-state index in [-0.39, 0.29) is 0 Å². The molecule has 1 saturated heterocycles. The second kappa shape index (κ2) is 4.58. The summed E-state index contributed by atoms with van der Waals surface area (Å²) in [5, 5.41) is 6.47. The first-order valence-corrected chi connectivity index (χ1v) is 5.92. The summed E-state index contributed by atoms with van der Waals surface area (Å²) < 4.78 is 13.9. The van der Waals surface area contributed by atoms with Crippen LogP contribution in [0, 0.1) is 0 Å². The number of hydrogen-bond donors (Lipinski definition) is 2. The van der Waals surface area contributed by atoms with Crippen LogP contribution in [0.25, 0.3) is 0 Å². The molecule has 1 saturated carbocycles. The van der Waals surface area contributed by atoms with Gasteiger partial charge in [0.25, 0.3) is 0 Å². The fourth-order valence-electron chi connectivity index (χ4n) is 2.50. The lowest BCUT2D eigenvalue weighted by Crippen LogP contribution is -2.43. The van der Waals surface area contributed by atoms with E-state index in [0.29, 0.717) is 25.6 Å². The average molecular weight is 200 g/mol. The topological polar surface area (TPSA) is 24.1 Å². The highest BCUT2D eigenvalue weighted by Crippen LogP contribution is 2.21. The summed E-state index contributed by atoms with van der Waals surface area (Å²) in [6, 6.07) is 0.581. The summed E-state index contributed by atoms with van der Waals surface area (Å²) in [6.45, 7) is 1.92. The molecule has 0 bridgehead atoms. The van der Waals surface area contributed by atoms with Crippen LogP contribution in [-0.4, -0.2) is 31.3 Å². The predicted octanol–water partition coefficient (Wildman–Crippen LogP) is 1.61. The fourth-order valence-corrected chi connectivity index (χ4v) is 2.50. The first kappa shape index (κ1) is 10.4. The highest BCUT2D eigenvalue weighted by Gasteiger charge is 2.33. The number of halogens is 1. The maximum atomic E-state index is 13.9. The Balaban J connectivity index is 1.70. The third-order valence-corrected chi connectivity index (χ3v) is 3.50. The molecule has 2 fully saturated rings. The van der Waals surface area contributed by atoms with E-state index in [2.05, 4.69) is 10.6 Å². The summed E-state index contributed by atoms with van der Waals surface area (Å²) in [5.74, 6) is 0. The van der Waals surface area contributed by atoms with Gasteiger partial charge in [0.2, 0.25) is 0 Å². The molecule has 2 N–H and O–H groups in total. The average Bonchev–Trinajstić information content (AvgIpc) is 2.65. The normalized spacial score (nSPS) is 34.9. The minimum atomic E-state index is -0.975. The van der Waals surface area contributed by atoms with Crippen molar-refractivity contribution in [2.45, 2.75) is 50.2 Å². The lowest BCUT2D eigenvalue weighted by atomic mass is 9.94. The molecule has 1 atom stereocenters. The smallest absolute Gasteiger partial charge is 0.136 e. The summed E-state index contributed by atoms with van der Waals surface area (Å²) in [5.41, 5.74) is -0.975. The Labute approximate surface area is 85.6 Å². The summed E-state index contributed by atoms with van der Waals surface area (Å²) in [4.78, 5) is 0. The minimum Gasteiger partial charge on any atom is -0.313 e. The Bertz CT molecular complexity index is 172. The van der Waals surface area contributed by atoms with Crippen LogP contribution in [0.15, 0.2) is 0 Å². The third kappa shape index (κ3) is 2.67. The van der Waals surface area contributed by atoms with E-state index in [4.69, 9.17) is 0 Å². The molecule has 2 rings (SSSR count). The van der Waals surface area contributed by atoms with Gasteiger partial charge in [-0.25, -0.2) is 4.39 Å². The van der Waals surface area contributed by atoms with Crippen molar-refractivity contribution in [1.82, 2.24) is 10.6 Å². The van der Waals surface area contributed by atoms with E-state index in [1.165, 1.54) is 32.1 Å². The SMILES string of the molecule is FC1(CNC2CCCCC2)CCNC1. The van der Waals surface area contributed by atoms with Crippen LogP contribution in [0.4, 0.5) is 4.39 Å². The minimum absolute atomic E-state index is 0.534. The summed E-state index contributed by atoms with van der Waals surface area (Å²) in [6.07, 6.45) is 7.14. The first-order chi connectivity index (χ1) is 6.79. The van der Waals surface area contributed by atoms with Crippen LogP contribution in [-0.2, 0) is 0 Å². The third-order valence-electron chi connectivity index (χ3n) is 3.50. The molecule has 3 heteroatoms. The molecule has 1 unspecified atom stereocenters. The lowest BCUT2D eigenvalue weighted by Gasteiger charge is -2.27. The van der Waals surface area contributed by atoms with Gasteiger partial charge in [-0.1, -0.05) is 19.3 Å². The lowest BCUT2D eigenvalue weighted by molar-refractivity contribution is 0.173. The molecule has 82 valence electrons. The monoisotopic (exact) mass is 200 g/mol. The van der Waals surface area contributed by atoms with Gasteiger partial charge in [-0.05, 0) is 25.8 Å². The molecule has 2 aliphatic rings. The molecular weight excluding hydrogens is 179 g/mol. The maximum absolute atomic E-state index is 13.9. The molecule has 1 aliphatic carbocycles. The molecule has 2 nitrogen and oxygen atoms in total. The number of hydrogen-bond acceptors (Lipinski definition) is 2. The van der Waals surface area contributed by atoms with E-state index >= 15 is 0 Å². The Hall–Kier alpha value is -0.150. The van der Waals surface area contributed by atoms with Crippen molar-refractivity contribution in [3.63, 3.8) is 0 Å². The second-order valence-electron chi connectivity index (χ2n) is 4.79. The molecule has 0 aromatic rings. The van der Waals surface area contributed by atoms with Crippen molar-refractivity contribution < 1.29 is 4.39 Å². The molecule has 0 amide bonds. The zero-order valence-electron chi connectivity index (χ0n) is 8.82. The number of alkyl halides is 1. The van der Waals surface area contributed by atoms with Gasteiger partial charge in [0, 0.05) is 19.1 Å². The molecular formula is C11H21FN2. The van der Waals surface area contributed by atoms with Gasteiger partial charge in [0.05, 0.1) is 0 Å². The van der Waals surface area contributed by atoms with Gasteiger partial charge in [0.15, 0.2) is 0 Å². The highest BCUT2D eigenvalue weighted by molar-refractivity contribution is 4.91. The van der Waals surface area contributed by atoms with Crippen molar-refractivity contribution in [2.75, 3.05) is 19.6 Å². The van der Waals surface area contributed by atoms with E-state index in [9.17, 15) is 4.39 Å². The molecule has 1 heterocycles. The van der Waals surface area contributed by atoms with Gasteiger partial charge in [-0.15, -0.1) is 0 Å². The summed E-state index contributed by atoms with van der Waals surface area (Å²) >= 11 is 0. The van der Waals surface area contributed by atoms with Crippen LogP contribution in [0.2, 0.25) is 0 Å². The van der Waals surface area contributed by atoms with Crippen molar-refractivity contribution >= 4 is 0 Å². The van der Waals surface area contributed by atoms with Gasteiger partial charge >= 0.3 is 0 Å². The van der Waals surface area contributed by atoms with Crippen LogP contribution in [0.3, 0.4) is 0 Å². The maximum Gasteiger partial charge on any atom is 0.136 e. The second-order valence-corrected chi connectivity index (χ2v) is 4.79. The van der Waals surface area contributed by atoms with E-state index < -0.39 is 5.67 Å². The van der Waals surface area contributed by atoms with Gasteiger partial charge < -0.3 is 10.6 Å². The molecule has 14 heavy (non-hydrogen) atoms. The first-order valence-electron chi connectivity index (χ1n) is 5.92. The van der Waals surface area contributed by atoms with E-state index in [1.807, 2.05) is 0 Å². The molecule has 0 aromatic heterocycles. The number of rotatable bonds is 3. The van der Waals surface area contributed by atoms with Gasteiger partial charge in [-0.3, -0.25) is 0 Å². The summed E-state index contributed by atoms with van der Waals surface area (Å²) in [7, 11) is 0. The zero-order valence-corrected chi connectivity index (χ0v) is 8.82. The Morgan fingerprint density at radius 1 is 1.29 bits per heavy atom. The van der Waals surface area contributed by atoms with E-state index in [0.717, 1.165) is 6.54 Å². The Morgan fingerprint density at radius 3 is 2.71 bits per heavy atom. The van der Waals surface area contributed by atoms with Crippen molar-refractivity contribution in [3.05, 3.63) is 0 Å². The van der Waals surface area contributed by atoms with Gasteiger partial charge in [0.1, 0.15) is 5.67 Å². The van der Waals surface area contributed by atoms with E-state index in [1.54, 1.807) is 0 Å². The van der Waals surface area contributed by atoms with Crippen LogP contribution in [0.5, 0.6) is 0 Å². The van der Waals surface area contributed by atoms with Crippen molar-refractivity contribution in [1.29, 1.82) is 0 Å². The van der Waals surface area contributed by atoms with Crippen LogP contribution >= 0.6 is 0 Å². The Morgan fingerprint density at radius 2 is 2.07 bits per heavy atom. The number of nitrogens with one attached hydrogen (secondary N) is 2. The van der Waals surface area contributed by atoms with Crippen LogP contribution in [0.1, 0.15) is 38.5 Å². The Kier molecular flexibility index (Phi) is 3.39. The zero-order chi connectivity index (χ0) is 9.86. The molecule has 0 spiro atoms. The standard InChI is InChI=1S/C11H21FN2/c12-11(6-7-13-8-11)9-14-10-4-2-1-3-5-10/h10,13-14H,1-9H2. The quantitative estimate of drug-likeness (QED) is 0.723. The van der Waals surface area contributed by atoms with Crippen molar-refractivity contribution in [3.8, 4) is 0 Å². The molecule has 0 aromatic carbocycles. The van der Waals surface area contributed by atoms with Crippen molar-refractivity contribution in [2.24, 2.45) is 0 Å². The van der Waals surface area contributed by atoms with Gasteiger partial charge in [-0.2, -0.15) is 0 Å².